The van der Waals surface area contributed by atoms with Gasteiger partial charge in [0.25, 0.3) is 0 Å². The van der Waals surface area contributed by atoms with Crippen LogP contribution in [-0.4, -0.2) is 23.6 Å². The molecule has 1 heterocycles. The van der Waals surface area contributed by atoms with Gasteiger partial charge in [-0.25, -0.2) is 0 Å². The molecule has 1 aromatic rings. The predicted molar refractivity (Wildman–Crippen MR) is 72.9 cm³/mol. The van der Waals surface area contributed by atoms with E-state index in [0.29, 0.717) is 6.54 Å². The lowest BCUT2D eigenvalue weighted by molar-refractivity contribution is 1.32. The highest BCUT2D eigenvalue weighted by molar-refractivity contribution is 8.13. The number of rotatable bonds is 1. The molecule has 1 aromatic carbocycles. The summed E-state index contributed by atoms with van der Waals surface area (Å²) in [4.78, 5) is 8.79. The molecule has 1 aliphatic heterocycles. The molecule has 0 radical (unpaired) electrons. The normalized spacial score (nSPS) is 15.4. The van der Waals surface area contributed by atoms with Gasteiger partial charge in [-0.05, 0) is 18.4 Å². The van der Waals surface area contributed by atoms with E-state index in [-0.39, 0.29) is 0 Å². The van der Waals surface area contributed by atoms with Crippen molar-refractivity contribution in [1.82, 2.24) is 0 Å². The molecular formula is C12H11ClN2S. The molecule has 0 bridgehead atoms. The molecule has 1 aliphatic rings. The lowest BCUT2D eigenvalue weighted by atomic mass is 10.1. The van der Waals surface area contributed by atoms with Gasteiger partial charge >= 0.3 is 0 Å². The highest BCUT2D eigenvalue weighted by atomic mass is 35.5. The Hall–Kier alpha value is -1.06. The molecule has 0 spiro atoms. The summed E-state index contributed by atoms with van der Waals surface area (Å²) in [6.45, 7) is 0.620. The summed E-state index contributed by atoms with van der Waals surface area (Å²) < 4.78 is 0. The average molecular weight is 251 g/mol. The molecule has 2 rings (SSSR count). The van der Waals surface area contributed by atoms with E-state index in [2.05, 4.69) is 9.98 Å². The van der Waals surface area contributed by atoms with Crippen molar-refractivity contribution in [3.63, 3.8) is 0 Å². The second kappa shape index (κ2) is 5.32. The van der Waals surface area contributed by atoms with Crippen molar-refractivity contribution in [3.05, 3.63) is 47.1 Å². The van der Waals surface area contributed by atoms with E-state index in [9.17, 15) is 0 Å². The first-order valence-electron chi connectivity index (χ1n) is 4.88. The number of hydrogen-bond acceptors (Lipinski definition) is 3. The molecule has 16 heavy (non-hydrogen) atoms. The van der Waals surface area contributed by atoms with E-state index in [4.69, 9.17) is 11.6 Å². The molecular weight excluding hydrogens is 240 g/mol. The van der Waals surface area contributed by atoms with E-state index in [1.807, 2.05) is 36.6 Å². The summed E-state index contributed by atoms with van der Waals surface area (Å²) in [5.41, 5.74) is 1.84. The van der Waals surface area contributed by atoms with Gasteiger partial charge in [0.05, 0.1) is 17.3 Å². The van der Waals surface area contributed by atoms with Crippen LogP contribution in [0.25, 0.3) is 0 Å². The van der Waals surface area contributed by atoms with Gasteiger partial charge in [-0.1, -0.05) is 29.8 Å². The standard InChI is InChI=1S/C12H11ClN2S/c1-16-12-8-15-11(6-7-14-12)9-4-2-3-5-10(9)13/h2-7H,8H2,1H3. The van der Waals surface area contributed by atoms with Crippen LogP contribution >= 0.6 is 23.4 Å². The molecule has 0 fully saturated rings. The maximum atomic E-state index is 6.12. The number of thioether (sulfide) groups is 1. The van der Waals surface area contributed by atoms with E-state index in [1.54, 1.807) is 18.0 Å². The number of hydrogen-bond donors (Lipinski definition) is 0. The second-order valence-corrected chi connectivity index (χ2v) is 4.51. The number of halogens is 1. The number of nitrogens with zero attached hydrogens (tertiary/aromatic N) is 2. The molecule has 0 aromatic heterocycles. The van der Waals surface area contributed by atoms with E-state index in [1.165, 1.54) is 0 Å². The van der Waals surface area contributed by atoms with Crippen molar-refractivity contribution in [2.45, 2.75) is 0 Å². The van der Waals surface area contributed by atoms with Gasteiger partial charge in [0.15, 0.2) is 0 Å². The van der Waals surface area contributed by atoms with Gasteiger partial charge in [0, 0.05) is 16.8 Å². The van der Waals surface area contributed by atoms with Crippen LogP contribution in [0.15, 0.2) is 46.5 Å². The summed E-state index contributed by atoms with van der Waals surface area (Å²) in [7, 11) is 0. The van der Waals surface area contributed by atoms with Crippen molar-refractivity contribution in [2.75, 3.05) is 12.8 Å². The second-order valence-electron chi connectivity index (χ2n) is 3.22. The van der Waals surface area contributed by atoms with Crippen LogP contribution in [0.3, 0.4) is 0 Å². The Bertz CT molecular complexity index is 478. The van der Waals surface area contributed by atoms with Crippen LogP contribution in [0.1, 0.15) is 5.56 Å². The van der Waals surface area contributed by atoms with Crippen molar-refractivity contribution in [2.24, 2.45) is 9.98 Å². The van der Waals surface area contributed by atoms with Gasteiger partial charge in [-0.2, -0.15) is 0 Å². The van der Waals surface area contributed by atoms with Crippen LogP contribution in [0.2, 0.25) is 5.02 Å². The Morgan fingerprint density at radius 1 is 1.31 bits per heavy atom. The Morgan fingerprint density at radius 2 is 2.12 bits per heavy atom. The minimum absolute atomic E-state index is 0.620. The maximum Gasteiger partial charge on any atom is 0.0943 e. The zero-order chi connectivity index (χ0) is 11.4. The summed E-state index contributed by atoms with van der Waals surface area (Å²) in [5.74, 6) is 0. The molecule has 0 unspecified atom stereocenters. The highest BCUT2D eigenvalue weighted by Crippen LogP contribution is 2.17. The lowest BCUT2D eigenvalue weighted by Crippen LogP contribution is -2.01. The molecule has 82 valence electrons. The largest absolute Gasteiger partial charge is 0.278 e. The van der Waals surface area contributed by atoms with Crippen LogP contribution in [0.5, 0.6) is 0 Å². The summed E-state index contributed by atoms with van der Waals surface area (Å²) in [6.07, 6.45) is 5.67. The number of aliphatic imine (C=N–C) groups is 2. The topological polar surface area (TPSA) is 24.7 Å². The molecule has 0 amide bonds. The number of allylic oxidation sites excluding steroid dienone is 1. The van der Waals surface area contributed by atoms with Crippen molar-refractivity contribution in [3.8, 4) is 0 Å². The molecule has 2 nitrogen and oxygen atoms in total. The monoisotopic (exact) mass is 250 g/mol. The third kappa shape index (κ3) is 2.54. The summed E-state index contributed by atoms with van der Waals surface area (Å²) >= 11 is 7.74. The quantitative estimate of drug-likeness (QED) is 0.750. The fraction of sp³-hybridized carbons (Fsp3) is 0.167. The minimum Gasteiger partial charge on any atom is -0.278 e. The van der Waals surface area contributed by atoms with Gasteiger partial charge in [-0.15, -0.1) is 11.8 Å². The zero-order valence-corrected chi connectivity index (χ0v) is 10.4. The van der Waals surface area contributed by atoms with Gasteiger partial charge in [0.1, 0.15) is 0 Å². The zero-order valence-electron chi connectivity index (χ0n) is 8.85. The minimum atomic E-state index is 0.620. The Morgan fingerprint density at radius 3 is 2.88 bits per heavy atom. The number of benzene rings is 1. The molecule has 4 heteroatoms. The summed E-state index contributed by atoms with van der Waals surface area (Å²) in [5, 5.41) is 1.73. The average Bonchev–Trinajstić information content (AvgIpc) is 2.55. The van der Waals surface area contributed by atoms with Crippen LogP contribution in [-0.2, 0) is 0 Å². The first-order valence-corrected chi connectivity index (χ1v) is 6.48. The molecule has 0 N–H and O–H groups in total. The molecule has 0 atom stereocenters. The van der Waals surface area contributed by atoms with Gasteiger partial charge < -0.3 is 0 Å². The summed E-state index contributed by atoms with van der Waals surface area (Å²) in [6, 6.07) is 7.71. The Labute approximate surface area is 104 Å². The predicted octanol–water partition coefficient (Wildman–Crippen LogP) is 3.42. The lowest BCUT2D eigenvalue weighted by Gasteiger charge is -2.03. The SMILES string of the molecule is CSC1=NC=CC(c2ccccc2Cl)=NC1. The Balaban J connectivity index is 2.31. The first-order chi connectivity index (χ1) is 7.81. The smallest absolute Gasteiger partial charge is 0.0943 e. The Kier molecular flexibility index (Phi) is 3.80. The van der Waals surface area contributed by atoms with Crippen molar-refractivity contribution >= 4 is 34.1 Å². The van der Waals surface area contributed by atoms with E-state index >= 15 is 0 Å². The van der Waals surface area contributed by atoms with Crippen molar-refractivity contribution in [1.29, 1.82) is 0 Å². The fourth-order valence-electron chi connectivity index (χ4n) is 1.40. The molecule has 0 saturated heterocycles. The first kappa shape index (κ1) is 11.4. The maximum absolute atomic E-state index is 6.12. The third-order valence-corrected chi connectivity index (χ3v) is 3.26. The molecule has 0 aliphatic carbocycles. The van der Waals surface area contributed by atoms with Crippen LogP contribution < -0.4 is 0 Å². The van der Waals surface area contributed by atoms with E-state index in [0.717, 1.165) is 21.3 Å². The van der Waals surface area contributed by atoms with Crippen molar-refractivity contribution < 1.29 is 0 Å². The van der Waals surface area contributed by atoms with Gasteiger partial charge in [-0.3, -0.25) is 9.98 Å². The fourth-order valence-corrected chi connectivity index (χ4v) is 1.99. The van der Waals surface area contributed by atoms with E-state index < -0.39 is 0 Å². The highest BCUT2D eigenvalue weighted by Gasteiger charge is 2.07. The third-order valence-electron chi connectivity index (χ3n) is 2.22. The van der Waals surface area contributed by atoms with Gasteiger partial charge in [0.2, 0.25) is 0 Å². The van der Waals surface area contributed by atoms with Crippen LogP contribution in [0, 0.1) is 0 Å². The molecule has 0 saturated carbocycles. The van der Waals surface area contributed by atoms with Crippen LogP contribution in [0.4, 0.5) is 0 Å².